The smallest absolute Gasteiger partial charge is 0.331 e. The van der Waals surface area contributed by atoms with Crippen molar-refractivity contribution in [2.45, 2.75) is 6.10 Å². The number of methoxy groups -OCH3 is 1. The molecule has 0 aliphatic carbocycles. The number of ether oxygens (including phenoxy) is 2. The lowest BCUT2D eigenvalue weighted by molar-refractivity contribution is -0.149. The topological polar surface area (TPSA) is 88.4 Å². The highest BCUT2D eigenvalue weighted by atomic mass is 16.5. The molecule has 31 heavy (non-hydrogen) atoms. The van der Waals surface area contributed by atoms with Crippen LogP contribution in [0.3, 0.4) is 0 Å². The maximum absolute atomic E-state index is 12.9. The molecule has 0 aromatic heterocycles. The SMILES string of the molecule is COc1cccc(NC(=O)[C@@H](OC(=O)/C=C/c2ccc(C#N)cc2)c2ccccc2)c1. The van der Waals surface area contributed by atoms with Crippen molar-refractivity contribution in [3.05, 3.63) is 102 Å². The summed E-state index contributed by atoms with van der Waals surface area (Å²) in [6.07, 6.45) is 1.67. The quantitative estimate of drug-likeness (QED) is 0.456. The second-order valence-corrected chi connectivity index (χ2v) is 6.52. The minimum atomic E-state index is -1.13. The van der Waals surface area contributed by atoms with Crippen molar-refractivity contribution in [2.24, 2.45) is 0 Å². The fourth-order valence-corrected chi connectivity index (χ4v) is 2.80. The number of benzene rings is 3. The van der Waals surface area contributed by atoms with E-state index in [2.05, 4.69) is 5.32 Å². The largest absolute Gasteiger partial charge is 0.497 e. The van der Waals surface area contributed by atoms with Gasteiger partial charge in [-0.1, -0.05) is 48.5 Å². The van der Waals surface area contributed by atoms with E-state index in [0.717, 1.165) is 5.56 Å². The van der Waals surface area contributed by atoms with Crippen LogP contribution in [0.25, 0.3) is 6.08 Å². The molecule has 1 atom stereocenters. The van der Waals surface area contributed by atoms with E-state index in [1.54, 1.807) is 78.9 Å². The van der Waals surface area contributed by atoms with Crippen molar-refractivity contribution in [1.29, 1.82) is 5.26 Å². The molecule has 0 unspecified atom stereocenters. The first-order valence-electron chi connectivity index (χ1n) is 9.48. The Bertz CT molecular complexity index is 1120. The monoisotopic (exact) mass is 412 g/mol. The van der Waals surface area contributed by atoms with Crippen LogP contribution in [0.15, 0.2) is 84.9 Å². The van der Waals surface area contributed by atoms with E-state index in [9.17, 15) is 9.59 Å². The van der Waals surface area contributed by atoms with Crippen LogP contribution < -0.4 is 10.1 Å². The zero-order valence-electron chi connectivity index (χ0n) is 16.8. The number of carbonyl (C=O) groups is 2. The molecule has 0 saturated heterocycles. The van der Waals surface area contributed by atoms with Crippen LogP contribution in [0.4, 0.5) is 5.69 Å². The Hall–Kier alpha value is -4.37. The summed E-state index contributed by atoms with van der Waals surface area (Å²) in [6, 6.07) is 24.4. The number of hydrogen-bond donors (Lipinski definition) is 1. The summed E-state index contributed by atoms with van der Waals surface area (Å²) in [7, 11) is 1.54. The number of nitriles is 1. The molecule has 1 N–H and O–H groups in total. The van der Waals surface area contributed by atoms with Gasteiger partial charge in [0.25, 0.3) is 5.91 Å². The normalized spacial score (nSPS) is 11.4. The molecular weight excluding hydrogens is 392 g/mol. The molecule has 3 rings (SSSR count). The van der Waals surface area contributed by atoms with Gasteiger partial charge in [-0.3, -0.25) is 4.79 Å². The molecule has 0 saturated carbocycles. The highest BCUT2D eigenvalue weighted by Crippen LogP contribution is 2.22. The number of amides is 1. The average Bonchev–Trinajstić information content (AvgIpc) is 2.82. The molecule has 0 aliphatic heterocycles. The fourth-order valence-electron chi connectivity index (χ4n) is 2.80. The van der Waals surface area contributed by atoms with Crippen molar-refractivity contribution >= 4 is 23.6 Å². The molecule has 6 heteroatoms. The van der Waals surface area contributed by atoms with Gasteiger partial charge in [0.2, 0.25) is 6.10 Å². The van der Waals surface area contributed by atoms with E-state index in [1.807, 2.05) is 12.1 Å². The summed E-state index contributed by atoms with van der Waals surface area (Å²) in [5.74, 6) is -0.560. The minimum Gasteiger partial charge on any atom is -0.497 e. The molecule has 3 aromatic carbocycles. The van der Waals surface area contributed by atoms with Crippen LogP contribution in [0.5, 0.6) is 5.75 Å². The standard InChI is InChI=1S/C25H20N2O4/c1-30-22-9-5-8-21(16-22)27-25(29)24(20-6-3-2-4-7-20)31-23(28)15-14-18-10-12-19(17-26)13-11-18/h2-16,24H,1H3,(H,27,29)/b15-14+/t24-/m0/s1. The van der Waals surface area contributed by atoms with Gasteiger partial charge in [0.05, 0.1) is 18.7 Å². The third-order valence-corrected chi connectivity index (χ3v) is 4.36. The van der Waals surface area contributed by atoms with E-state index < -0.39 is 18.0 Å². The lowest BCUT2D eigenvalue weighted by atomic mass is 10.1. The second-order valence-electron chi connectivity index (χ2n) is 6.52. The summed E-state index contributed by atoms with van der Waals surface area (Å²) in [5.41, 5.74) is 2.32. The van der Waals surface area contributed by atoms with Crippen molar-refractivity contribution in [1.82, 2.24) is 0 Å². The molecule has 0 heterocycles. The van der Waals surface area contributed by atoms with Gasteiger partial charge in [-0.2, -0.15) is 5.26 Å². The summed E-state index contributed by atoms with van der Waals surface area (Å²) in [4.78, 5) is 25.3. The number of esters is 1. The zero-order chi connectivity index (χ0) is 22.1. The molecular formula is C25H20N2O4. The molecule has 0 radical (unpaired) electrons. The Labute approximate surface area is 180 Å². The van der Waals surface area contributed by atoms with E-state index in [-0.39, 0.29) is 0 Å². The maximum Gasteiger partial charge on any atom is 0.331 e. The predicted octanol–water partition coefficient (Wildman–Crippen LogP) is 4.50. The van der Waals surface area contributed by atoms with Gasteiger partial charge in [0.15, 0.2) is 0 Å². The molecule has 6 nitrogen and oxygen atoms in total. The number of nitrogens with zero attached hydrogens (tertiary/aromatic N) is 1. The van der Waals surface area contributed by atoms with Crippen molar-refractivity contribution in [2.75, 3.05) is 12.4 Å². The number of carbonyl (C=O) groups excluding carboxylic acids is 2. The number of anilines is 1. The summed E-state index contributed by atoms with van der Waals surface area (Å²) in [5, 5.41) is 11.6. The van der Waals surface area contributed by atoms with Crippen molar-refractivity contribution in [3.63, 3.8) is 0 Å². The van der Waals surface area contributed by atoms with Gasteiger partial charge in [0, 0.05) is 23.4 Å². The zero-order valence-corrected chi connectivity index (χ0v) is 16.8. The Kier molecular flexibility index (Phi) is 7.17. The highest BCUT2D eigenvalue weighted by molar-refractivity contribution is 5.97. The van der Waals surface area contributed by atoms with Crippen LogP contribution >= 0.6 is 0 Å². The Morgan fingerprint density at radius 1 is 1.00 bits per heavy atom. The average molecular weight is 412 g/mol. The van der Waals surface area contributed by atoms with Gasteiger partial charge in [-0.15, -0.1) is 0 Å². The minimum absolute atomic E-state index is 0.487. The van der Waals surface area contributed by atoms with Crippen molar-refractivity contribution in [3.8, 4) is 11.8 Å². The van der Waals surface area contributed by atoms with E-state index in [1.165, 1.54) is 13.2 Å². The van der Waals surface area contributed by atoms with E-state index in [0.29, 0.717) is 22.6 Å². The first-order chi connectivity index (χ1) is 15.1. The predicted molar refractivity (Wildman–Crippen MR) is 117 cm³/mol. The van der Waals surface area contributed by atoms with Crippen LogP contribution in [0.2, 0.25) is 0 Å². The Morgan fingerprint density at radius 3 is 2.42 bits per heavy atom. The number of hydrogen-bond acceptors (Lipinski definition) is 5. The van der Waals surface area contributed by atoms with Crippen molar-refractivity contribution < 1.29 is 19.1 Å². The van der Waals surface area contributed by atoms with Gasteiger partial charge in [-0.05, 0) is 35.9 Å². The molecule has 0 aliphatic rings. The lowest BCUT2D eigenvalue weighted by Crippen LogP contribution is -2.25. The van der Waals surface area contributed by atoms with E-state index in [4.69, 9.17) is 14.7 Å². The maximum atomic E-state index is 12.9. The molecule has 154 valence electrons. The first-order valence-corrected chi connectivity index (χ1v) is 9.48. The van der Waals surface area contributed by atoms with Gasteiger partial charge in [-0.25, -0.2) is 4.79 Å². The molecule has 1 amide bonds. The highest BCUT2D eigenvalue weighted by Gasteiger charge is 2.24. The van der Waals surface area contributed by atoms with E-state index >= 15 is 0 Å². The second kappa shape index (κ2) is 10.4. The van der Waals surface area contributed by atoms with Gasteiger partial charge in [0.1, 0.15) is 5.75 Å². The number of rotatable bonds is 7. The molecule has 0 spiro atoms. The first kappa shape index (κ1) is 21.3. The lowest BCUT2D eigenvalue weighted by Gasteiger charge is -2.17. The summed E-state index contributed by atoms with van der Waals surface area (Å²) in [6.45, 7) is 0. The van der Waals surface area contributed by atoms with Crippen LogP contribution in [-0.2, 0) is 14.3 Å². The third kappa shape index (κ3) is 6.05. The van der Waals surface area contributed by atoms with Crippen LogP contribution in [0, 0.1) is 11.3 Å². The summed E-state index contributed by atoms with van der Waals surface area (Å²) < 4.78 is 10.6. The van der Waals surface area contributed by atoms with Gasteiger partial charge >= 0.3 is 5.97 Å². The Balaban J connectivity index is 1.75. The van der Waals surface area contributed by atoms with Gasteiger partial charge < -0.3 is 14.8 Å². The molecule has 0 fully saturated rings. The number of nitrogens with one attached hydrogen (secondary N) is 1. The molecule has 3 aromatic rings. The third-order valence-electron chi connectivity index (χ3n) is 4.36. The summed E-state index contributed by atoms with van der Waals surface area (Å²) >= 11 is 0. The fraction of sp³-hybridized carbons (Fsp3) is 0.0800. The Morgan fingerprint density at radius 2 is 1.74 bits per heavy atom. The molecule has 0 bridgehead atoms. The van der Waals surface area contributed by atoms with Crippen LogP contribution in [0.1, 0.15) is 22.8 Å². The van der Waals surface area contributed by atoms with Crippen LogP contribution in [-0.4, -0.2) is 19.0 Å².